The molecule has 0 rings (SSSR count). The maximum atomic E-state index is 12.5. The fourth-order valence-corrected chi connectivity index (χ4v) is 9.92. The Balaban J connectivity index is 3.43. The Labute approximate surface area is 449 Å². The van der Waals surface area contributed by atoms with Crippen molar-refractivity contribution in [2.45, 2.75) is 360 Å². The molecule has 0 aromatic heterocycles. The first-order valence-electron chi connectivity index (χ1n) is 32.3. The lowest BCUT2D eigenvalue weighted by molar-refractivity contribution is -0.143. The van der Waals surface area contributed by atoms with Crippen LogP contribution in [0, 0.1) is 0 Å². The van der Waals surface area contributed by atoms with Gasteiger partial charge in [0, 0.05) is 12.8 Å². The van der Waals surface area contributed by atoms with Crippen LogP contribution in [-0.2, 0) is 14.3 Å². The largest absolute Gasteiger partial charge is 0.466 e. The van der Waals surface area contributed by atoms with Crippen molar-refractivity contribution in [1.29, 1.82) is 0 Å². The van der Waals surface area contributed by atoms with Gasteiger partial charge in [-0.05, 0) is 83.5 Å². The summed E-state index contributed by atoms with van der Waals surface area (Å²) >= 11 is 0. The molecule has 0 spiro atoms. The van der Waals surface area contributed by atoms with Crippen molar-refractivity contribution in [3.63, 3.8) is 0 Å². The Morgan fingerprint density at radius 1 is 0.375 bits per heavy atom. The number of carbonyl (C=O) groups excluding carboxylic acids is 2. The number of amides is 1. The molecule has 0 heterocycles. The summed E-state index contributed by atoms with van der Waals surface area (Å²) in [5.74, 6) is -0.0671. The number of ether oxygens (including phenoxy) is 1. The van der Waals surface area contributed by atoms with Gasteiger partial charge < -0.3 is 20.3 Å². The SMILES string of the molecule is CCCCCCC/C=C\CCCCCCCC(=O)OCCCCCCCCCCCCCC/C=C\CCCCCCCCCCC(=O)NC(CO)C(O)/C=C/CCCCCCCCCCCCCCCCC. The maximum absolute atomic E-state index is 12.5. The number of nitrogens with one attached hydrogen (secondary N) is 1. The zero-order valence-electron chi connectivity index (χ0n) is 48.4. The normalized spacial score (nSPS) is 12.8. The van der Waals surface area contributed by atoms with Crippen LogP contribution in [0.4, 0.5) is 0 Å². The molecule has 0 aliphatic rings. The summed E-state index contributed by atoms with van der Waals surface area (Å²) in [6.45, 7) is 4.91. The number of hydrogen-bond acceptors (Lipinski definition) is 5. The van der Waals surface area contributed by atoms with Gasteiger partial charge in [0.15, 0.2) is 0 Å². The second-order valence-corrected chi connectivity index (χ2v) is 22.1. The van der Waals surface area contributed by atoms with E-state index in [4.69, 9.17) is 4.74 Å². The first kappa shape index (κ1) is 70.1. The molecule has 0 bridgehead atoms. The van der Waals surface area contributed by atoms with Crippen molar-refractivity contribution < 1.29 is 24.5 Å². The summed E-state index contributed by atoms with van der Waals surface area (Å²) in [5, 5.41) is 23.2. The molecule has 2 atom stereocenters. The van der Waals surface area contributed by atoms with Crippen LogP contribution < -0.4 is 5.32 Å². The van der Waals surface area contributed by atoms with Crippen LogP contribution in [-0.4, -0.2) is 47.4 Å². The van der Waals surface area contributed by atoms with Crippen molar-refractivity contribution >= 4 is 11.9 Å². The number of aliphatic hydroxyl groups is 2. The van der Waals surface area contributed by atoms with Crippen LogP contribution in [0.1, 0.15) is 348 Å². The smallest absolute Gasteiger partial charge is 0.305 e. The molecule has 424 valence electrons. The van der Waals surface area contributed by atoms with E-state index in [2.05, 4.69) is 43.5 Å². The highest BCUT2D eigenvalue weighted by molar-refractivity contribution is 5.76. The Morgan fingerprint density at radius 2 is 0.653 bits per heavy atom. The van der Waals surface area contributed by atoms with Gasteiger partial charge in [-0.1, -0.05) is 288 Å². The van der Waals surface area contributed by atoms with Crippen molar-refractivity contribution in [2.75, 3.05) is 13.2 Å². The van der Waals surface area contributed by atoms with Crippen LogP contribution >= 0.6 is 0 Å². The highest BCUT2D eigenvalue weighted by Gasteiger charge is 2.18. The first-order chi connectivity index (χ1) is 35.5. The number of esters is 1. The molecule has 0 fully saturated rings. The van der Waals surface area contributed by atoms with Crippen LogP contribution in [0.15, 0.2) is 36.5 Å². The van der Waals surface area contributed by atoms with Gasteiger partial charge in [-0.25, -0.2) is 0 Å². The highest BCUT2D eigenvalue weighted by Crippen LogP contribution is 2.17. The predicted octanol–water partition coefficient (Wildman–Crippen LogP) is 20.4. The predicted molar refractivity (Wildman–Crippen MR) is 315 cm³/mol. The zero-order valence-corrected chi connectivity index (χ0v) is 48.4. The lowest BCUT2D eigenvalue weighted by atomic mass is 10.0. The van der Waals surface area contributed by atoms with Crippen molar-refractivity contribution in [3.8, 4) is 0 Å². The zero-order chi connectivity index (χ0) is 52.2. The average molecular weight is 1010 g/mol. The van der Waals surface area contributed by atoms with E-state index in [0.717, 1.165) is 44.9 Å². The molecule has 2 unspecified atom stereocenters. The van der Waals surface area contributed by atoms with Gasteiger partial charge in [0.25, 0.3) is 0 Å². The lowest BCUT2D eigenvalue weighted by Crippen LogP contribution is -2.45. The Morgan fingerprint density at radius 3 is 0.986 bits per heavy atom. The average Bonchev–Trinajstić information content (AvgIpc) is 3.38. The van der Waals surface area contributed by atoms with E-state index in [1.54, 1.807) is 6.08 Å². The maximum Gasteiger partial charge on any atom is 0.305 e. The summed E-state index contributed by atoms with van der Waals surface area (Å²) in [4.78, 5) is 24.5. The van der Waals surface area contributed by atoms with Crippen molar-refractivity contribution in [1.82, 2.24) is 5.32 Å². The second-order valence-electron chi connectivity index (χ2n) is 22.1. The summed E-state index contributed by atoms with van der Waals surface area (Å²) in [7, 11) is 0. The topological polar surface area (TPSA) is 95.9 Å². The van der Waals surface area contributed by atoms with E-state index in [1.807, 2.05) is 6.08 Å². The minimum absolute atomic E-state index is 0.00360. The number of unbranched alkanes of at least 4 members (excludes halogenated alkanes) is 45. The van der Waals surface area contributed by atoms with Gasteiger partial charge in [-0.2, -0.15) is 0 Å². The molecule has 0 radical (unpaired) electrons. The quantitative estimate of drug-likeness (QED) is 0.0320. The number of carbonyl (C=O) groups is 2. The highest BCUT2D eigenvalue weighted by atomic mass is 16.5. The monoisotopic (exact) mass is 1010 g/mol. The van der Waals surface area contributed by atoms with Crippen LogP contribution in [0.5, 0.6) is 0 Å². The second kappa shape index (κ2) is 61.6. The molecular weight excluding hydrogens is 887 g/mol. The van der Waals surface area contributed by atoms with E-state index in [0.29, 0.717) is 19.4 Å². The van der Waals surface area contributed by atoms with Gasteiger partial charge in [-0.3, -0.25) is 9.59 Å². The number of allylic oxidation sites excluding steroid dienone is 5. The molecule has 72 heavy (non-hydrogen) atoms. The molecule has 6 nitrogen and oxygen atoms in total. The fraction of sp³-hybridized carbons (Fsp3) is 0.879. The number of hydrogen-bond donors (Lipinski definition) is 3. The fourth-order valence-electron chi connectivity index (χ4n) is 9.92. The van der Waals surface area contributed by atoms with Gasteiger partial charge in [0.2, 0.25) is 5.91 Å². The molecule has 0 aliphatic heterocycles. The summed E-state index contributed by atoms with van der Waals surface area (Å²) in [6.07, 6.45) is 77.6. The van der Waals surface area contributed by atoms with Gasteiger partial charge in [0.1, 0.15) is 0 Å². The molecule has 3 N–H and O–H groups in total. The molecule has 0 aromatic rings. The summed E-state index contributed by atoms with van der Waals surface area (Å²) in [5.41, 5.74) is 0. The molecular formula is C66H125NO5. The third-order valence-electron chi connectivity index (χ3n) is 14.9. The lowest BCUT2D eigenvalue weighted by Gasteiger charge is -2.20. The van der Waals surface area contributed by atoms with Gasteiger partial charge in [0.05, 0.1) is 25.4 Å². The minimum atomic E-state index is -0.848. The number of aliphatic hydroxyl groups excluding tert-OH is 2. The number of rotatable bonds is 60. The molecule has 0 aromatic carbocycles. The van der Waals surface area contributed by atoms with Crippen LogP contribution in [0.2, 0.25) is 0 Å². The molecule has 6 heteroatoms. The minimum Gasteiger partial charge on any atom is -0.466 e. The Bertz CT molecular complexity index is 1170. The van der Waals surface area contributed by atoms with E-state index < -0.39 is 12.1 Å². The van der Waals surface area contributed by atoms with Crippen molar-refractivity contribution in [3.05, 3.63) is 36.5 Å². The van der Waals surface area contributed by atoms with E-state index in [1.165, 1.54) is 276 Å². The van der Waals surface area contributed by atoms with Gasteiger partial charge >= 0.3 is 5.97 Å². The van der Waals surface area contributed by atoms with Gasteiger partial charge in [-0.15, -0.1) is 0 Å². The Hall–Kier alpha value is -1.92. The third-order valence-corrected chi connectivity index (χ3v) is 14.9. The first-order valence-corrected chi connectivity index (χ1v) is 32.3. The van der Waals surface area contributed by atoms with E-state index in [9.17, 15) is 19.8 Å². The molecule has 0 saturated carbocycles. The summed E-state index contributed by atoms with van der Waals surface area (Å²) < 4.78 is 5.48. The third kappa shape index (κ3) is 57.4. The van der Waals surface area contributed by atoms with Crippen LogP contribution in [0.25, 0.3) is 0 Å². The Kier molecular flexibility index (Phi) is 60.0. The standard InChI is InChI=1S/C66H125NO5/c1-3-5-7-9-11-13-15-17-19-28-31-34-38-42-46-50-54-58-64(69)63(62-68)67-65(70)59-55-51-47-43-39-35-32-29-26-24-22-20-21-23-25-27-30-33-37-41-45-49-53-57-61-72-66(71)60-56-52-48-44-40-36-18-16-14-12-10-8-6-4-2/h16,18,22,24,54,58,63-64,68-69H,3-15,17,19-21,23,25-53,55-57,59-62H2,1-2H3,(H,67,70)/b18-16-,24-22-,58-54+. The molecule has 0 saturated heterocycles. The van der Waals surface area contributed by atoms with Crippen LogP contribution in [0.3, 0.4) is 0 Å². The molecule has 0 aliphatic carbocycles. The van der Waals surface area contributed by atoms with Crippen molar-refractivity contribution in [2.24, 2.45) is 0 Å². The van der Waals surface area contributed by atoms with E-state index >= 15 is 0 Å². The van der Waals surface area contributed by atoms with E-state index in [-0.39, 0.29) is 18.5 Å². The molecule has 1 amide bonds. The summed E-state index contributed by atoms with van der Waals surface area (Å²) in [6, 6.07) is -0.632.